The van der Waals surface area contributed by atoms with Gasteiger partial charge in [0, 0.05) is 10.0 Å². The molecule has 0 aliphatic heterocycles. The Morgan fingerprint density at radius 3 is 2.65 bits per heavy atom. The minimum absolute atomic E-state index is 0.199. The number of amides is 1. The topological polar surface area (TPSA) is 47.6 Å². The van der Waals surface area contributed by atoms with Crippen LogP contribution < -0.4 is 14.8 Å². The van der Waals surface area contributed by atoms with Gasteiger partial charge in [-0.2, -0.15) is 0 Å². The highest BCUT2D eigenvalue weighted by Gasteiger charge is 2.12. The summed E-state index contributed by atoms with van der Waals surface area (Å²) in [6.45, 7) is 2.74. The second-order valence-electron chi connectivity index (χ2n) is 5.00. The van der Waals surface area contributed by atoms with E-state index in [1.165, 1.54) is 0 Å². The van der Waals surface area contributed by atoms with Crippen molar-refractivity contribution in [3.8, 4) is 11.5 Å². The van der Waals surface area contributed by atoms with Crippen LogP contribution in [-0.4, -0.2) is 19.6 Å². The molecule has 1 N–H and O–H groups in total. The Hall–Kier alpha value is -2.01. The van der Waals surface area contributed by atoms with E-state index in [4.69, 9.17) is 9.47 Å². The highest BCUT2D eigenvalue weighted by atomic mass is 79.9. The highest BCUT2D eigenvalue weighted by molar-refractivity contribution is 9.10. The number of unbranched alkanes of at least 4 members (excludes halogenated alkanes) is 1. The molecule has 0 spiro atoms. The van der Waals surface area contributed by atoms with E-state index < -0.39 is 0 Å². The fraction of sp³-hybridized carbons (Fsp3) is 0.278. The van der Waals surface area contributed by atoms with Gasteiger partial charge in [0.1, 0.15) is 0 Å². The van der Waals surface area contributed by atoms with Gasteiger partial charge in [-0.1, -0.05) is 25.5 Å². The number of anilines is 1. The van der Waals surface area contributed by atoms with Gasteiger partial charge >= 0.3 is 0 Å². The third kappa shape index (κ3) is 4.73. The summed E-state index contributed by atoms with van der Waals surface area (Å²) in [5, 5.41) is 2.87. The molecule has 5 heteroatoms. The van der Waals surface area contributed by atoms with Gasteiger partial charge in [-0.05, 0) is 52.7 Å². The van der Waals surface area contributed by atoms with Crippen molar-refractivity contribution in [2.75, 3.05) is 19.0 Å². The van der Waals surface area contributed by atoms with Crippen molar-refractivity contribution >= 4 is 27.5 Å². The zero-order valence-electron chi connectivity index (χ0n) is 13.3. The number of ether oxygens (including phenoxy) is 2. The van der Waals surface area contributed by atoms with E-state index in [2.05, 4.69) is 28.2 Å². The molecule has 0 atom stereocenters. The molecule has 0 saturated carbocycles. The normalized spacial score (nSPS) is 10.2. The molecule has 122 valence electrons. The molecule has 0 radical (unpaired) electrons. The van der Waals surface area contributed by atoms with Crippen LogP contribution in [-0.2, 0) is 0 Å². The number of halogens is 1. The lowest BCUT2D eigenvalue weighted by atomic mass is 10.2. The summed E-state index contributed by atoms with van der Waals surface area (Å²) in [5.41, 5.74) is 1.24. The minimum Gasteiger partial charge on any atom is -0.493 e. The third-order valence-electron chi connectivity index (χ3n) is 3.30. The molecule has 2 rings (SSSR count). The Kier molecular flexibility index (Phi) is 6.47. The number of rotatable bonds is 7. The molecule has 0 aliphatic carbocycles. The van der Waals surface area contributed by atoms with Crippen LogP contribution in [0.2, 0.25) is 0 Å². The van der Waals surface area contributed by atoms with E-state index in [9.17, 15) is 4.79 Å². The minimum atomic E-state index is -0.199. The lowest BCUT2D eigenvalue weighted by Gasteiger charge is -2.12. The first-order chi connectivity index (χ1) is 11.2. The number of hydrogen-bond acceptors (Lipinski definition) is 3. The fourth-order valence-electron chi connectivity index (χ4n) is 2.01. The van der Waals surface area contributed by atoms with E-state index in [-0.39, 0.29) is 5.91 Å². The summed E-state index contributed by atoms with van der Waals surface area (Å²) in [4.78, 5) is 12.4. The zero-order valence-corrected chi connectivity index (χ0v) is 14.9. The largest absolute Gasteiger partial charge is 0.493 e. The summed E-state index contributed by atoms with van der Waals surface area (Å²) < 4.78 is 11.8. The van der Waals surface area contributed by atoms with E-state index in [1.807, 2.05) is 24.3 Å². The maximum Gasteiger partial charge on any atom is 0.255 e. The number of carbonyl (C=O) groups is 1. The Bertz CT molecular complexity index is 673. The molecule has 1 amide bonds. The molecule has 2 aromatic rings. The zero-order chi connectivity index (χ0) is 16.7. The van der Waals surface area contributed by atoms with Gasteiger partial charge in [-0.15, -0.1) is 0 Å². The predicted octanol–water partition coefficient (Wildman–Crippen LogP) is 4.89. The molecule has 23 heavy (non-hydrogen) atoms. The lowest BCUT2D eigenvalue weighted by molar-refractivity contribution is 0.102. The third-order valence-corrected chi connectivity index (χ3v) is 3.99. The van der Waals surface area contributed by atoms with Crippen molar-refractivity contribution in [3.05, 3.63) is 52.5 Å². The van der Waals surface area contributed by atoms with Crippen molar-refractivity contribution in [1.29, 1.82) is 0 Å². The van der Waals surface area contributed by atoms with E-state index in [0.29, 0.717) is 23.7 Å². The molecule has 0 unspecified atom stereocenters. The van der Waals surface area contributed by atoms with Crippen LogP contribution in [0.15, 0.2) is 46.9 Å². The highest BCUT2D eigenvalue weighted by Crippen LogP contribution is 2.29. The van der Waals surface area contributed by atoms with Crippen molar-refractivity contribution < 1.29 is 14.3 Å². The van der Waals surface area contributed by atoms with E-state index in [0.717, 1.165) is 23.0 Å². The Balaban J connectivity index is 2.13. The van der Waals surface area contributed by atoms with Gasteiger partial charge in [-0.3, -0.25) is 4.79 Å². The molecule has 0 heterocycles. The summed E-state index contributed by atoms with van der Waals surface area (Å²) in [6, 6.07) is 12.7. The van der Waals surface area contributed by atoms with Gasteiger partial charge in [0.2, 0.25) is 0 Å². The molecule has 0 saturated heterocycles. The van der Waals surface area contributed by atoms with Gasteiger partial charge < -0.3 is 14.8 Å². The summed E-state index contributed by atoms with van der Waals surface area (Å²) >= 11 is 3.41. The van der Waals surface area contributed by atoms with Crippen LogP contribution in [0.4, 0.5) is 5.69 Å². The number of methoxy groups -OCH3 is 1. The number of hydrogen-bond donors (Lipinski definition) is 1. The van der Waals surface area contributed by atoms with Gasteiger partial charge in [0.05, 0.1) is 19.4 Å². The van der Waals surface area contributed by atoms with Crippen LogP contribution >= 0.6 is 15.9 Å². The van der Waals surface area contributed by atoms with Crippen LogP contribution in [0.1, 0.15) is 30.1 Å². The lowest BCUT2D eigenvalue weighted by Crippen LogP contribution is -2.12. The maximum absolute atomic E-state index is 12.4. The molecule has 0 aliphatic rings. The molecule has 4 nitrogen and oxygen atoms in total. The Morgan fingerprint density at radius 2 is 1.96 bits per heavy atom. The smallest absolute Gasteiger partial charge is 0.255 e. The van der Waals surface area contributed by atoms with Crippen LogP contribution in [0.3, 0.4) is 0 Å². The second kappa shape index (κ2) is 8.58. The molecule has 0 fully saturated rings. The van der Waals surface area contributed by atoms with Crippen molar-refractivity contribution in [3.63, 3.8) is 0 Å². The van der Waals surface area contributed by atoms with Crippen LogP contribution in [0.25, 0.3) is 0 Å². The summed E-state index contributed by atoms with van der Waals surface area (Å²) in [7, 11) is 1.57. The monoisotopic (exact) mass is 377 g/mol. The van der Waals surface area contributed by atoms with E-state index in [1.54, 1.807) is 25.3 Å². The maximum atomic E-state index is 12.4. The van der Waals surface area contributed by atoms with Gasteiger partial charge in [0.25, 0.3) is 5.91 Å². The standard InChI is InChI=1S/C18H20BrNO3/c1-3-4-11-23-16-10-9-13(12-17(16)22-2)18(21)20-15-8-6-5-7-14(15)19/h5-10,12H,3-4,11H2,1-2H3,(H,20,21). The summed E-state index contributed by atoms with van der Waals surface area (Å²) in [6.07, 6.45) is 2.04. The first kappa shape index (κ1) is 17.3. The molecular formula is C18H20BrNO3. The molecule has 0 aromatic heterocycles. The first-order valence-electron chi connectivity index (χ1n) is 7.52. The van der Waals surface area contributed by atoms with Crippen LogP contribution in [0, 0.1) is 0 Å². The predicted molar refractivity (Wildman–Crippen MR) is 95.5 cm³/mol. The van der Waals surface area contributed by atoms with Gasteiger partial charge in [-0.25, -0.2) is 0 Å². The first-order valence-corrected chi connectivity index (χ1v) is 8.31. The number of para-hydroxylation sites is 1. The Labute approximate surface area is 144 Å². The Morgan fingerprint density at radius 1 is 1.17 bits per heavy atom. The van der Waals surface area contributed by atoms with Crippen molar-refractivity contribution in [2.45, 2.75) is 19.8 Å². The molecular weight excluding hydrogens is 358 g/mol. The second-order valence-corrected chi connectivity index (χ2v) is 5.86. The van der Waals surface area contributed by atoms with Gasteiger partial charge in [0.15, 0.2) is 11.5 Å². The average molecular weight is 378 g/mol. The fourth-order valence-corrected chi connectivity index (χ4v) is 2.40. The number of benzene rings is 2. The molecule has 0 bridgehead atoms. The summed E-state index contributed by atoms with van der Waals surface area (Å²) in [5.74, 6) is 1.01. The van der Waals surface area contributed by atoms with E-state index >= 15 is 0 Å². The number of nitrogens with one attached hydrogen (secondary N) is 1. The van der Waals surface area contributed by atoms with Crippen molar-refractivity contribution in [1.82, 2.24) is 0 Å². The molecule has 2 aromatic carbocycles. The number of carbonyl (C=O) groups excluding carboxylic acids is 1. The average Bonchev–Trinajstić information content (AvgIpc) is 2.57. The quantitative estimate of drug-likeness (QED) is 0.698. The van der Waals surface area contributed by atoms with Crippen molar-refractivity contribution in [2.24, 2.45) is 0 Å². The SMILES string of the molecule is CCCCOc1ccc(C(=O)Nc2ccccc2Br)cc1OC. The van der Waals surface area contributed by atoms with Crippen LogP contribution in [0.5, 0.6) is 11.5 Å².